The molecule has 0 aliphatic heterocycles. The van der Waals surface area contributed by atoms with E-state index < -0.39 is 0 Å². The van der Waals surface area contributed by atoms with Gasteiger partial charge >= 0.3 is 0 Å². The van der Waals surface area contributed by atoms with Crippen LogP contribution in [-0.4, -0.2) is 16.9 Å². The van der Waals surface area contributed by atoms with Crippen LogP contribution in [0.1, 0.15) is 16.8 Å². The largest absolute Gasteiger partial charge is 0.383 e. The van der Waals surface area contributed by atoms with E-state index >= 15 is 0 Å². The minimum Gasteiger partial charge on any atom is -0.383 e. The molecule has 0 spiro atoms. The van der Waals surface area contributed by atoms with E-state index in [2.05, 4.69) is 33.2 Å². The standard InChI is InChI=1S/C13H16BrN3O/c1-9-12(14)13(15)17(16-9)7-10-4-3-5-11(6-10)8-18-2/h3-6H,7-8,15H2,1-2H3. The van der Waals surface area contributed by atoms with Gasteiger partial charge in [0.05, 0.1) is 23.3 Å². The SMILES string of the molecule is COCc1cccc(Cn2nc(C)c(Br)c2N)c1. The smallest absolute Gasteiger partial charge is 0.136 e. The van der Waals surface area contributed by atoms with Crippen molar-refractivity contribution in [3.8, 4) is 0 Å². The monoisotopic (exact) mass is 309 g/mol. The number of methoxy groups -OCH3 is 1. The quantitative estimate of drug-likeness (QED) is 0.945. The fourth-order valence-electron chi connectivity index (χ4n) is 1.86. The zero-order chi connectivity index (χ0) is 13.1. The number of rotatable bonds is 4. The summed E-state index contributed by atoms with van der Waals surface area (Å²) < 4.78 is 7.79. The van der Waals surface area contributed by atoms with Crippen molar-refractivity contribution >= 4 is 21.7 Å². The maximum Gasteiger partial charge on any atom is 0.136 e. The molecule has 18 heavy (non-hydrogen) atoms. The molecule has 4 nitrogen and oxygen atoms in total. The molecule has 0 fully saturated rings. The van der Waals surface area contributed by atoms with E-state index in [1.54, 1.807) is 11.8 Å². The molecule has 0 radical (unpaired) electrons. The summed E-state index contributed by atoms with van der Waals surface area (Å²) in [7, 11) is 1.69. The van der Waals surface area contributed by atoms with Crippen molar-refractivity contribution in [2.75, 3.05) is 12.8 Å². The highest BCUT2D eigenvalue weighted by Gasteiger charge is 2.09. The van der Waals surface area contributed by atoms with Gasteiger partial charge in [-0.3, -0.25) is 0 Å². The van der Waals surface area contributed by atoms with Crippen LogP contribution >= 0.6 is 15.9 Å². The van der Waals surface area contributed by atoms with Gasteiger partial charge in [0.1, 0.15) is 5.82 Å². The molecule has 2 aromatic rings. The van der Waals surface area contributed by atoms with E-state index in [1.165, 1.54) is 0 Å². The lowest BCUT2D eigenvalue weighted by Crippen LogP contribution is -2.06. The van der Waals surface area contributed by atoms with E-state index in [0.717, 1.165) is 21.3 Å². The number of aryl methyl sites for hydroxylation is 1. The summed E-state index contributed by atoms with van der Waals surface area (Å²) in [5.74, 6) is 0.657. The van der Waals surface area contributed by atoms with Gasteiger partial charge < -0.3 is 10.5 Å². The first kappa shape index (κ1) is 13.1. The number of hydrogen-bond donors (Lipinski definition) is 1. The molecule has 0 saturated carbocycles. The topological polar surface area (TPSA) is 53.1 Å². The lowest BCUT2D eigenvalue weighted by atomic mass is 10.1. The molecular formula is C13H16BrN3O. The van der Waals surface area contributed by atoms with Crippen molar-refractivity contribution in [2.24, 2.45) is 0 Å². The first-order valence-electron chi connectivity index (χ1n) is 5.67. The summed E-state index contributed by atoms with van der Waals surface area (Å²) in [6.45, 7) is 3.21. The summed E-state index contributed by atoms with van der Waals surface area (Å²) in [6.07, 6.45) is 0. The van der Waals surface area contributed by atoms with Crippen molar-refractivity contribution in [3.05, 3.63) is 45.6 Å². The van der Waals surface area contributed by atoms with Crippen LogP contribution in [-0.2, 0) is 17.9 Å². The van der Waals surface area contributed by atoms with Gasteiger partial charge in [0.2, 0.25) is 0 Å². The number of nitrogen functional groups attached to an aromatic ring is 1. The Bertz CT molecular complexity index is 551. The minimum absolute atomic E-state index is 0.616. The number of nitrogens with zero attached hydrogens (tertiary/aromatic N) is 2. The minimum atomic E-state index is 0.616. The molecule has 96 valence electrons. The van der Waals surface area contributed by atoms with Crippen LogP contribution in [0.5, 0.6) is 0 Å². The number of ether oxygens (including phenoxy) is 1. The number of nitrogens with two attached hydrogens (primary N) is 1. The Kier molecular flexibility index (Phi) is 4.04. The Labute approximate surface area is 115 Å². The molecule has 0 aliphatic rings. The summed E-state index contributed by atoms with van der Waals surface area (Å²) in [5.41, 5.74) is 9.19. The van der Waals surface area contributed by atoms with Crippen LogP contribution in [0.2, 0.25) is 0 Å². The van der Waals surface area contributed by atoms with Crippen molar-refractivity contribution in [2.45, 2.75) is 20.1 Å². The number of anilines is 1. The van der Waals surface area contributed by atoms with Gasteiger partial charge in [0, 0.05) is 7.11 Å². The molecule has 0 bridgehead atoms. The molecule has 0 saturated heterocycles. The lowest BCUT2D eigenvalue weighted by molar-refractivity contribution is 0.185. The van der Waals surface area contributed by atoms with Crippen molar-refractivity contribution in [1.82, 2.24) is 9.78 Å². The number of hydrogen-bond acceptors (Lipinski definition) is 3. The molecule has 1 aromatic carbocycles. The second kappa shape index (κ2) is 5.54. The average molecular weight is 310 g/mol. The Morgan fingerprint density at radius 3 is 2.72 bits per heavy atom. The zero-order valence-electron chi connectivity index (χ0n) is 10.5. The maximum atomic E-state index is 5.98. The fraction of sp³-hybridized carbons (Fsp3) is 0.308. The first-order chi connectivity index (χ1) is 8.61. The summed E-state index contributed by atoms with van der Waals surface area (Å²) in [6, 6.07) is 8.23. The zero-order valence-corrected chi connectivity index (χ0v) is 12.1. The van der Waals surface area contributed by atoms with Gasteiger partial charge in [-0.25, -0.2) is 4.68 Å². The van der Waals surface area contributed by atoms with Crippen LogP contribution in [0.25, 0.3) is 0 Å². The molecule has 0 unspecified atom stereocenters. The number of halogens is 1. The highest BCUT2D eigenvalue weighted by Crippen LogP contribution is 2.23. The summed E-state index contributed by atoms with van der Waals surface area (Å²) >= 11 is 3.42. The van der Waals surface area contributed by atoms with Gasteiger partial charge in [0.25, 0.3) is 0 Å². The van der Waals surface area contributed by atoms with E-state index in [4.69, 9.17) is 10.5 Å². The van der Waals surface area contributed by atoms with Gasteiger partial charge in [-0.15, -0.1) is 0 Å². The molecule has 1 heterocycles. The third-order valence-electron chi connectivity index (χ3n) is 2.73. The van der Waals surface area contributed by atoms with Crippen molar-refractivity contribution < 1.29 is 4.74 Å². The fourth-order valence-corrected chi connectivity index (χ4v) is 2.14. The lowest BCUT2D eigenvalue weighted by Gasteiger charge is -2.06. The number of aromatic nitrogens is 2. The van der Waals surface area contributed by atoms with Crippen LogP contribution in [0.3, 0.4) is 0 Å². The second-order valence-electron chi connectivity index (χ2n) is 4.20. The summed E-state index contributed by atoms with van der Waals surface area (Å²) in [5, 5.41) is 4.39. The normalized spacial score (nSPS) is 10.8. The third-order valence-corrected chi connectivity index (χ3v) is 3.71. The Morgan fingerprint density at radius 1 is 1.39 bits per heavy atom. The van der Waals surface area contributed by atoms with Gasteiger partial charge in [-0.05, 0) is 34.0 Å². The predicted molar refractivity (Wildman–Crippen MR) is 75.3 cm³/mol. The van der Waals surface area contributed by atoms with Crippen molar-refractivity contribution in [3.63, 3.8) is 0 Å². The molecule has 2 rings (SSSR count). The van der Waals surface area contributed by atoms with E-state index in [9.17, 15) is 0 Å². The highest BCUT2D eigenvalue weighted by molar-refractivity contribution is 9.10. The molecule has 1 aromatic heterocycles. The van der Waals surface area contributed by atoms with Crippen molar-refractivity contribution in [1.29, 1.82) is 0 Å². The molecule has 0 amide bonds. The van der Waals surface area contributed by atoms with E-state index in [0.29, 0.717) is 19.0 Å². The predicted octanol–water partition coefficient (Wildman–Crippen LogP) is 2.73. The van der Waals surface area contributed by atoms with Crippen LogP contribution in [0.15, 0.2) is 28.7 Å². The van der Waals surface area contributed by atoms with Gasteiger partial charge in [0.15, 0.2) is 0 Å². The molecule has 5 heteroatoms. The van der Waals surface area contributed by atoms with E-state index in [-0.39, 0.29) is 0 Å². The van der Waals surface area contributed by atoms with Crippen LogP contribution in [0.4, 0.5) is 5.82 Å². The van der Waals surface area contributed by atoms with Gasteiger partial charge in [-0.2, -0.15) is 5.10 Å². The Morgan fingerprint density at radius 2 is 2.11 bits per heavy atom. The highest BCUT2D eigenvalue weighted by atomic mass is 79.9. The van der Waals surface area contributed by atoms with Crippen LogP contribution in [0, 0.1) is 6.92 Å². The molecular weight excluding hydrogens is 294 g/mol. The molecule has 0 atom stereocenters. The third kappa shape index (κ3) is 2.73. The average Bonchev–Trinajstić information content (AvgIpc) is 2.58. The molecule has 2 N–H and O–H groups in total. The Balaban J connectivity index is 2.23. The second-order valence-corrected chi connectivity index (χ2v) is 4.99. The van der Waals surface area contributed by atoms with Crippen LogP contribution < -0.4 is 5.73 Å². The molecule has 0 aliphatic carbocycles. The first-order valence-corrected chi connectivity index (χ1v) is 6.46. The summed E-state index contributed by atoms with van der Waals surface area (Å²) in [4.78, 5) is 0. The van der Waals surface area contributed by atoms with E-state index in [1.807, 2.05) is 19.1 Å². The van der Waals surface area contributed by atoms with Gasteiger partial charge in [-0.1, -0.05) is 24.3 Å². The number of benzene rings is 1. The Hall–Kier alpha value is -1.33. The maximum absolute atomic E-state index is 5.98.